The van der Waals surface area contributed by atoms with Gasteiger partial charge in [0.15, 0.2) is 0 Å². The molecule has 1 amide bonds. The Morgan fingerprint density at radius 3 is 2.96 bits per heavy atom. The first-order valence-electron chi connectivity index (χ1n) is 7.86. The van der Waals surface area contributed by atoms with Crippen LogP contribution in [0.1, 0.15) is 30.9 Å². The monoisotopic (exact) mass is 323 g/mol. The van der Waals surface area contributed by atoms with Crippen LogP contribution in [0, 0.1) is 5.92 Å². The molecule has 3 rings (SSSR count). The number of aliphatic carboxylic acids is 1. The predicted octanol–water partition coefficient (Wildman–Crippen LogP) is -0.151. The van der Waals surface area contributed by atoms with E-state index in [1.807, 2.05) is 5.06 Å². The summed E-state index contributed by atoms with van der Waals surface area (Å²) in [5.41, 5.74) is 0.717. The van der Waals surface area contributed by atoms with Crippen LogP contribution < -0.4 is 0 Å². The number of likely N-dealkylation sites (tertiary alicyclic amines) is 1. The second-order valence-corrected chi connectivity index (χ2v) is 6.02. The second-order valence-electron chi connectivity index (χ2n) is 6.02. The SMILES string of the molecule is O=C(O)C[C@@H]1CN(C(=O)CCN2CCCO2)C[C@@H]1c1cn[nH]n1. The highest BCUT2D eigenvalue weighted by Gasteiger charge is 2.38. The summed E-state index contributed by atoms with van der Waals surface area (Å²) in [7, 11) is 0. The first-order valence-corrected chi connectivity index (χ1v) is 7.86. The molecule has 0 aliphatic carbocycles. The summed E-state index contributed by atoms with van der Waals surface area (Å²) in [5.74, 6) is -1.05. The molecule has 23 heavy (non-hydrogen) atoms. The van der Waals surface area contributed by atoms with Crippen LogP contribution >= 0.6 is 0 Å². The van der Waals surface area contributed by atoms with Gasteiger partial charge in [-0.1, -0.05) is 0 Å². The largest absolute Gasteiger partial charge is 0.481 e. The molecular formula is C14H21N5O4. The number of carbonyl (C=O) groups is 2. The van der Waals surface area contributed by atoms with Gasteiger partial charge in [-0.15, -0.1) is 0 Å². The molecule has 0 spiro atoms. The third-order valence-corrected chi connectivity index (χ3v) is 4.44. The Morgan fingerprint density at radius 2 is 2.30 bits per heavy atom. The first-order chi connectivity index (χ1) is 11.1. The van der Waals surface area contributed by atoms with E-state index in [-0.39, 0.29) is 24.2 Å². The number of aromatic amines is 1. The number of hydrogen-bond acceptors (Lipinski definition) is 6. The van der Waals surface area contributed by atoms with Crippen LogP contribution in [0.4, 0.5) is 0 Å². The number of rotatable bonds is 6. The molecule has 3 heterocycles. The molecule has 2 saturated heterocycles. The molecule has 1 aromatic heterocycles. The van der Waals surface area contributed by atoms with Gasteiger partial charge in [-0.05, 0) is 12.3 Å². The number of hydrogen-bond donors (Lipinski definition) is 2. The van der Waals surface area contributed by atoms with Crippen LogP contribution in [0.25, 0.3) is 0 Å². The summed E-state index contributed by atoms with van der Waals surface area (Å²) in [5, 5.41) is 21.3. The van der Waals surface area contributed by atoms with Crippen molar-refractivity contribution < 1.29 is 19.5 Å². The van der Waals surface area contributed by atoms with Crippen LogP contribution in [0.5, 0.6) is 0 Å². The fourth-order valence-electron chi connectivity index (χ4n) is 3.28. The van der Waals surface area contributed by atoms with E-state index in [1.54, 1.807) is 11.1 Å². The van der Waals surface area contributed by atoms with Crippen molar-refractivity contribution in [3.63, 3.8) is 0 Å². The van der Waals surface area contributed by atoms with Crippen molar-refractivity contribution in [2.24, 2.45) is 5.92 Å². The van der Waals surface area contributed by atoms with E-state index in [4.69, 9.17) is 9.94 Å². The van der Waals surface area contributed by atoms with Crippen molar-refractivity contribution in [1.29, 1.82) is 0 Å². The number of carboxylic acids is 1. The molecule has 2 atom stereocenters. The van der Waals surface area contributed by atoms with Gasteiger partial charge in [0, 0.05) is 38.5 Å². The number of nitrogens with one attached hydrogen (secondary N) is 1. The molecule has 2 fully saturated rings. The Labute approximate surface area is 133 Å². The fraction of sp³-hybridized carbons (Fsp3) is 0.714. The normalized spacial score (nSPS) is 25.1. The third kappa shape index (κ3) is 3.85. The summed E-state index contributed by atoms with van der Waals surface area (Å²) in [6, 6.07) is 0. The number of hydroxylamine groups is 2. The van der Waals surface area contributed by atoms with E-state index in [9.17, 15) is 9.59 Å². The van der Waals surface area contributed by atoms with Gasteiger partial charge in [0.05, 0.1) is 24.9 Å². The topological polar surface area (TPSA) is 112 Å². The number of carboxylic acid groups (broad SMARTS) is 1. The molecule has 0 radical (unpaired) electrons. The van der Waals surface area contributed by atoms with E-state index in [0.717, 1.165) is 18.7 Å². The maximum atomic E-state index is 12.4. The van der Waals surface area contributed by atoms with E-state index >= 15 is 0 Å². The lowest BCUT2D eigenvalue weighted by molar-refractivity contribution is -0.140. The smallest absolute Gasteiger partial charge is 0.303 e. The van der Waals surface area contributed by atoms with E-state index in [1.165, 1.54) is 0 Å². The van der Waals surface area contributed by atoms with Gasteiger partial charge in [0.1, 0.15) is 0 Å². The number of nitrogens with zero attached hydrogens (tertiary/aromatic N) is 4. The number of amides is 1. The van der Waals surface area contributed by atoms with Crippen LogP contribution in [0.15, 0.2) is 6.20 Å². The average molecular weight is 323 g/mol. The second kappa shape index (κ2) is 7.05. The number of aromatic nitrogens is 3. The molecule has 2 N–H and O–H groups in total. The summed E-state index contributed by atoms with van der Waals surface area (Å²) < 4.78 is 0. The minimum Gasteiger partial charge on any atom is -0.481 e. The van der Waals surface area contributed by atoms with Crippen molar-refractivity contribution >= 4 is 11.9 Å². The van der Waals surface area contributed by atoms with Crippen molar-refractivity contribution in [1.82, 2.24) is 25.4 Å². The molecule has 1 aromatic rings. The molecule has 9 nitrogen and oxygen atoms in total. The lowest BCUT2D eigenvalue weighted by Crippen LogP contribution is -2.32. The summed E-state index contributed by atoms with van der Waals surface area (Å²) in [6.07, 6.45) is 3.00. The summed E-state index contributed by atoms with van der Waals surface area (Å²) >= 11 is 0. The Kier molecular flexibility index (Phi) is 4.87. The van der Waals surface area contributed by atoms with Crippen molar-refractivity contribution in [2.45, 2.75) is 25.2 Å². The number of carbonyl (C=O) groups excluding carboxylic acids is 1. The van der Waals surface area contributed by atoms with E-state index in [0.29, 0.717) is 32.7 Å². The van der Waals surface area contributed by atoms with Gasteiger partial charge in [0.2, 0.25) is 5.91 Å². The Hall–Kier alpha value is -2.00. The third-order valence-electron chi connectivity index (χ3n) is 4.44. The van der Waals surface area contributed by atoms with Crippen molar-refractivity contribution in [3.05, 3.63) is 11.9 Å². The molecular weight excluding hydrogens is 302 g/mol. The summed E-state index contributed by atoms with van der Waals surface area (Å²) in [6.45, 7) is 3.09. The van der Waals surface area contributed by atoms with Gasteiger partial charge >= 0.3 is 5.97 Å². The molecule has 0 aromatic carbocycles. The lowest BCUT2D eigenvalue weighted by Gasteiger charge is -2.18. The van der Waals surface area contributed by atoms with Crippen molar-refractivity contribution in [3.8, 4) is 0 Å². The Balaban J connectivity index is 1.59. The first kappa shape index (κ1) is 15.9. The quantitative estimate of drug-likeness (QED) is 0.748. The standard InChI is InChI=1S/C14H21N5O4/c20-13(2-4-19-3-1-5-23-19)18-8-10(6-14(21)22)11(9-18)12-7-15-17-16-12/h7,10-11H,1-6,8-9H2,(H,21,22)(H,15,16,17)/t10-,11+/m1/s1. The minimum atomic E-state index is -0.858. The zero-order valence-electron chi connectivity index (χ0n) is 12.8. The molecule has 2 aliphatic rings. The minimum absolute atomic E-state index is 0.0243. The lowest BCUT2D eigenvalue weighted by atomic mass is 9.91. The molecule has 0 unspecified atom stereocenters. The maximum Gasteiger partial charge on any atom is 0.303 e. The molecule has 2 aliphatic heterocycles. The fourth-order valence-corrected chi connectivity index (χ4v) is 3.28. The highest BCUT2D eigenvalue weighted by Crippen LogP contribution is 2.33. The van der Waals surface area contributed by atoms with Crippen LogP contribution in [-0.4, -0.2) is 75.1 Å². The Bertz CT molecular complexity index is 543. The number of H-pyrrole nitrogens is 1. The highest BCUT2D eigenvalue weighted by molar-refractivity contribution is 5.77. The van der Waals surface area contributed by atoms with Crippen LogP contribution in [0.3, 0.4) is 0 Å². The predicted molar refractivity (Wildman–Crippen MR) is 78.2 cm³/mol. The molecule has 0 bridgehead atoms. The van der Waals surface area contributed by atoms with Crippen LogP contribution in [0.2, 0.25) is 0 Å². The maximum absolute atomic E-state index is 12.4. The molecule has 9 heteroatoms. The van der Waals surface area contributed by atoms with Gasteiger partial charge in [-0.3, -0.25) is 14.4 Å². The summed E-state index contributed by atoms with van der Waals surface area (Å²) in [4.78, 5) is 30.6. The average Bonchev–Trinajstić information content (AvgIpc) is 3.25. The van der Waals surface area contributed by atoms with Gasteiger partial charge in [-0.2, -0.15) is 20.5 Å². The van der Waals surface area contributed by atoms with E-state index < -0.39 is 5.97 Å². The van der Waals surface area contributed by atoms with Crippen LogP contribution in [-0.2, 0) is 14.4 Å². The Morgan fingerprint density at radius 1 is 1.43 bits per heavy atom. The van der Waals surface area contributed by atoms with E-state index in [2.05, 4.69) is 15.4 Å². The highest BCUT2D eigenvalue weighted by atomic mass is 16.7. The zero-order valence-corrected chi connectivity index (χ0v) is 12.8. The zero-order chi connectivity index (χ0) is 16.2. The van der Waals surface area contributed by atoms with Gasteiger partial charge in [-0.25, -0.2) is 0 Å². The van der Waals surface area contributed by atoms with Gasteiger partial charge < -0.3 is 10.0 Å². The van der Waals surface area contributed by atoms with Gasteiger partial charge in [0.25, 0.3) is 0 Å². The molecule has 126 valence electrons. The van der Waals surface area contributed by atoms with Crippen molar-refractivity contribution in [2.75, 3.05) is 32.8 Å². The molecule has 0 saturated carbocycles.